The molecule has 3 rings (SSSR count). The van der Waals surface area contributed by atoms with Gasteiger partial charge in [-0.15, -0.1) is 0 Å². The third kappa shape index (κ3) is 4.38. The van der Waals surface area contributed by atoms with E-state index in [1.807, 2.05) is 0 Å². The fraction of sp³-hybridized carbons (Fsp3) is 0.105. The molecule has 152 valence electrons. The molecule has 1 aromatic heterocycles. The zero-order chi connectivity index (χ0) is 21.4. The molecule has 0 saturated carbocycles. The molecule has 0 aliphatic heterocycles. The fourth-order valence-corrected chi connectivity index (χ4v) is 3.31. The number of sulfonamides is 1. The third-order valence-corrected chi connectivity index (χ3v) is 5.03. The second kappa shape index (κ2) is 7.45. The molecule has 0 amide bonds. The average Bonchev–Trinajstić information content (AvgIpc) is 2.66. The van der Waals surface area contributed by atoms with Gasteiger partial charge < -0.3 is 4.74 Å². The topological polar surface area (TPSA) is 82.3 Å². The van der Waals surface area contributed by atoms with E-state index in [4.69, 9.17) is 9.88 Å². The van der Waals surface area contributed by atoms with Gasteiger partial charge in [0.2, 0.25) is 15.9 Å². The minimum Gasteiger partial charge on any atom is -0.481 e. The lowest BCUT2D eigenvalue weighted by Gasteiger charge is -2.18. The number of rotatable bonds is 4. The number of benzene rings is 2. The number of alkyl halides is 3. The van der Waals surface area contributed by atoms with Crippen molar-refractivity contribution in [3.05, 3.63) is 66.1 Å². The van der Waals surface area contributed by atoms with E-state index < -0.39 is 27.7 Å². The second-order valence-electron chi connectivity index (χ2n) is 6.01. The van der Waals surface area contributed by atoms with Crippen molar-refractivity contribution in [2.45, 2.75) is 11.1 Å². The number of nitrogens with zero attached hydrogens (tertiary/aromatic N) is 1. The molecule has 0 atom stereocenters. The van der Waals surface area contributed by atoms with E-state index in [-0.39, 0.29) is 33.0 Å². The maximum atomic E-state index is 13.8. The molecule has 5 nitrogen and oxygen atoms in total. The summed E-state index contributed by atoms with van der Waals surface area (Å²) in [5.74, 6) is -0.892. The van der Waals surface area contributed by atoms with Crippen LogP contribution in [0, 0.1) is 5.82 Å². The van der Waals surface area contributed by atoms with Crippen LogP contribution in [-0.2, 0) is 16.2 Å². The summed E-state index contributed by atoms with van der Waals surface area (Å²) < 4.78 is 82.4. The van der Waals surface area contributed by atoms with E-state index in [0.29, 0.717) is 0 Å². The Morgan fingerprint density at radius 1 is 0.966 bits per heavy atom. The third-order valence-electron chi connectivity index (χ3n) is 4.10. The number of ether oxygens (including phenoxy) is 1. The van der Waals surface area contributed by atoms with Gasteiger partial charge in [-0.25, -0.2) is 22.9 Å². The molecule has 0 aliphatic carbocycles. The van der Waals surface area contributed by atoms with E-state index in [1.54, 1.807) is 0 Å². The molecule has 0 spiro atoms. The molecule has 0 fully saturated rings. The van der Waals surface area contributed by atoms with Crippen LogP contribution in [0.1, 0.15) is 5.69 Å². The molecule has 0 unspecified atom stereocenters. The number of pyridine rings is 1. The van der Waals surface area contributed by atoms with Crippen molar-refractivity contribution < 1.29 is 30.7 Å². The highest BCUT2D eigenvalue weighted by atomic mass is 32.2. The largest absolute Gasteiger partial charge is 0.481 e. The van der Waals surface area contributed by atoms with Crippen LogP contribution in [0.3, 0.4) is 0 Å². The molecule has 0 aliphatic rings. The van der Waals surface area contributed by atoms with E-state index in [0.717, 1.165) is 12.1 Å². The lowest BCUT2D eigenvalue weighted by molar-refractivity contribution is -0.140. The highest BCUT2D eigenvalue weighted by Gasteiger charge is 2.38. The van der Waals surface area contributed by atoms with Gasteiger partial charge in [0.05, 0.1) is 12.0 Å². The van der Waals surface area contributed by atoms with Gasteiger partial charge in [-0.1, -0.05) is 24.3 Å². The Morgan fingerprint density at radius 3 is 2.00 bits per heavy atom. The van der Waals surface area contributed by atoms with Crippen molar-refractivity contribution in [2.75, 3.05) is 7.11 Å². The molecule has 0 bridgehead atoms. The summed E-state index contributed by atoms with van der Waals surface area (Å²) in [6.45, 7) is 0. The van der Waals surface area contributed by atoms with Gasteiger partial charge in [0, 0.05) is 11.6 Å². The number of methoxy groups -OCH3 is 1. The molecule has 2 aromatic carbocycles. The van der Waals surface area contributed by atoms with Crippen molar-refractivity contribution in [1.82, 2.24) is 4.98 Å². The molecule has 10 heteroatoms. The van der Waals surface area contributed by atoms with Gasteiger partial charge in [0.25, 0.3) is 0 Å². The van der Waals surface area contributed by atoms with Crippen molar-refractivity contribution in [3.8, 4) is 28.1 Å². The van der Waals surface area contributed by atoms with Crippen LogP contribution in [0.4, 0.5) is 17.6 Å². The molecule has 3 aromatic rings. The highest BCUT2D eigenvalue weighted by molar-refractivity contribution is 7.89. The molecule has 2 N–H and O–H groups in total. The summed E-state index contributed by atoms with van der Waals surface area (Å²) in [4.78, 5) is 3.35. The maximum Gasteiger partial charge on any atom is 0.434 e. The fourth-order valence-electron chi connectivity index (χ4n) is 2.79. The summed E-state index contributed by atoms with van der Waals surface area (Å²) in [5.41, 5.74) is -1.07. The Morgan fingerprint density at radius 2 is 1.52 bits per heavy atom. The Bertz CT molecular complexity index is 1140. The molecular formula is C19H14F4N2O3S. The average molecular weight is 426 g/mol. The Balaban J connectivity index is 2.33. The lowest BCUT2D eigenvalue weighted by atomic mass is 9.93. The number of hydrogen-bond donors (Lipinski definition) is 1. The minimum absolute atomic E-state index is 0.0803. The van der Waals surface area contributed by atoms with Crippen LogP contribution in [0.5, 0.6) is 5.88 Å². The Labute approximate surface area is 163 Å². The summed E-state index contributed by atoms with van der Waals surface area (Å²) in [6.07, 6.45) is -4.83. The van der Waals surface area contributed by atoms with Gasteiger partial charge >= 0.3 is 6.18 Å². The van der Waals surface area contributed by atoms with E-state index in [1.165, 1.54) is 49.6 Å². The van der Waals surface area contributed by atoms with E-state index >= 15 is 0 Å². The molecular weight excluding hydrogens is 412 g/mol. The van der Waals surface area contributed by atoms with Gasteiger partial charge in [-0.2, -0.15) is 13.2 Å². The van der Waals surface area contributed by atoms with Crippen molar-refractivity contribution in [2.24, 2.45) is 5.14 Å². The summed E-state index contributed by atoms with van der Waals surface area (Å²) in [7, 11) is -2.80. The first-order valence-electron chi connectivity index (χ1n) is 8.06. The lowest BCUT2D eigenvalue weighted by Crippen LogP contribution is -2.13. The van der Waals surface area contributed by atoms with Crippen LogP contribution in [0.2, 0.25) is 0 Å². The maximum absolute atomic E-state index is 13.8. The van der Waals surface area contributed by atoms with Crippen LogP contribution >= 0.6 is 0 Å². The predicted molar refractivity (Wildman–Crippen MR) is 98.0 cm³/mol. The highest BCUT2D eigenvalue weighted by Crippen LogP contribution is 2.43. The number of halogens is 4. The summed E-state index contributed by atoms with van der Waals surface area (Å²) in [6, 6.07) is 10.8. The Kier molecular flexibility index (Phi) is 5.33. The molecule has 0 saturated heterocycles. The van der Waals surface area contributed by atoms with Crippen molar-refractivity contribution in [3.63, 3.8) is 0 Å². The zero-order valence-corrected chi connectivity index (χ0v) is 15.7. The smallest absolute Gasteiger partial charge is 0.434 e. The quantitative estimate of drug-likeness (QED) is 0.633. The first-order chi connectivity index (χ1) is 13.5. The predicted octanol–water partition coefficient (Wildman–Crippen LogP) is 4.23. The second-order valence-corrected chi connectivity index (χ2v) is 7.57. The molecule has 29 heavy (non-hydrogen) atoms. The Hall–Kier alpha value is -2.98. The molecule has 1 heterocycles. The standard InChI is InChI=1S/C19H14F4N2O3S/c1-28-16-10-15(11-4-8-14(9-5-11)29(24,26)27)17(18(25-16)19(21,22)23)12-2-6-13(20)7-3-12/h2-10H,1H3,(H2,24,26,27). The van der Waals surface area contributed by atoms with Gasteiger partial charge in [-0.3, -0.25) is 0 Å². The van der Waals surface area contributed by atoms with Crippen LogP contribution < -0.4 is 9.88 Å². The normalized spacial score (nSPS) is 12.1. The SMILES string of the molecule is COc1cc(-c2ccc(S(N)(=O)=O)cc2)c(-c2ccc(F)cc2)c(C(F)(F)F)n1. The van der Waals surface area contributed by atoms with Gasteiger partial charge in [0.15, 0.2) is 5.69 Å². The number of nitrogens with two attached hydrogens (primary N) is 1. The first kappa shape index (κ1) is 20.7. The van der Waals surface area contributed by atoms with Gasteiger partial charge in [-0.05, 0) is 41.0 Å². The van der Waals surface area contributed by atoms with E-state index in [2.05, 4.69) is 4.98 Å². The summed E-state index contributed by atoms with van der Waals surface area (Å²) >= 11 is 0. The van der Waals surface area contributed by atoms with Crippen LogP contribution in [0.25, 0.3) is 22.3 Å². The number of hydrogen-bond acceptors (Lipinski definition) is 4. The number of primary sulfonamides is 1. The molecule has 0 radical (unpaired) electrons. The first-order valence-corrected chi connectivity index (χ1v) is 9.61. The minimum atomic E-state index is -4.83. The van der Waals surface area contributed by atoms with Gasteiger partial charge in [0.1, 0.15) is 5.82 Å². The monoisotopic (exact) mass is 426 g/mol. The van der Waals surface area contributed by atoms with Crippen molar-refractivity contribution in [1.29, 1.82) is 0 Å². The number of aromatic nitrogens is 1. The van der Waals surface area contributed by atoms with Crippen molar-refractivity contribution >= 4 is 10.0 Å². The summed E-state index contributed by atoms with van der Waals surface area (Å²) in [5, 5.41) is 5.07. The van der Waals surface area contributed by atoms with E-state index in [9.17, 15) is 26.0 Å². The zero-order valence-electron chi connectivity index (χ0n) is 14.9. The van der Waals surface area contributed by atoms with Crippen LogP contribution in [0.15, 0.2) is 59.5 Å². The van der Waals surface area contributed by atoms with Crippen LogP contribution in [-0.4, -0.2) is 20.5 Å².